The van der Waals surface area contributed by atoms with Crippen molar-refractivity contribution < 1.29 is 14.2 Å². The first-order valence-electron chi connectivity index (χ1n) is 2.92. The van der Waals surface area contributed by atoms with Crippen LogP contribution in [0.4, 0.5) is 0 Å². The molecule has 3 nitrogen and oxygen atoms in total. The second kappa shape index (κ2) is 4.36. The fraction of sp³-hybridized carbons (Fsp3) is 1.00. The van der Waals surface area contributed by atoms with E-state index in [1.165, 1.54) is 0 Å². The SMILES string of the molecule is ClC(Cl)OC1COCCO1. The highest BCUT2D eigenvalue weighted by molar-refractivity contribution is 6.43. The minimum absolute atomic E-state index is 0.399. The minimum atomic E-state index is -0.841. The van der Waals surface area contributed by atoms with Gasteiger partial charge in [0.15, 0.2) is 6.29 Å². The zero-order valence-corrected chi connectivity index (χ0v) is 6.77. The van der Waals surface area contributed by atoms with Gasteiger partial charge in [-0.15, -0.1) is 0 Å². The summed E-state index contributed by atoms with van der Waals surface area (Å²) in [6.45, 7) is 1.54. The Morgan fingerprint density at radius 1 is 1.40 bits per heavy atom. The highest BCUT2D eigenvalue weighted by atomic mass is 35.5. The van der Waals surface area contributed by atoms with Crippen LogP contribution >= 0.6 is 23.2 Å². The van der Waals surface area contributed by atoms with Crippen molar-refractivity contribution in [1.82, 2.24) is 0 Å². The Hall–Kier alpha value is 0.460. The third-order valence-corrected chi connectivity index (χ3v) is 1.25. The van der Waals surface area contributed by atoms with Crippen LogP contribution in [-0.4, -0.2) is 31.1 Å². The van der Waals surface area contributed by atoms with Gasteiger partial charge in [-0.25, -0.2) is 0 Å². The molecule has 0 N–H and O–H groups in total. The van der Waals surface area contributed by atoms with Gasteiger partial charge in [0.25, 0.3) is 0 Å². The molecule has 0 amide bonds. The van der Waals surface area contributed by atoms with Crippen molar-refractivity contribution in [3.63, 3.8) is 0 Å². The molecule has 60 valence electrons. The molecule has 0 aromatic carbocycles. The van der Waals surface area contributed by atoms with Crippen LogP contribution in [0.15, 0.2) is 0 Å². The molecule has 0 aromatic rings. The van der Waals surface area contributed by atoms with E-state index in [1.54, 1.807) is 0 Å². The van der Waals surface area contributed by atoms with E-state index < -0.39 is 11.3 Å². The number of rotatable bonds is 2. The van der Waals surface area contributed by atoms with Gasteiger partial charge in [0.1, 0.15) is 0 Å². The number of hydrogen-bond acceptors (Lipinski definition) is 3. The fourth-order valence-corrected chi connectivity index (χ4v) is 0.889. The second-order valence-electron chi connectivity index (χ2n) is 1.77. The Kier molecular flexibility index (Phi) is 3.73. The Bertz CT molecular complexity index is 92.9. The molecule has 5 heteroatoms. The van der Waals surface area contributed by atoms with Crippen molar-refractivity contribution in [2.24, 2.45) is 0 Å². The molecule has 1 saturated heterocycles. The van der Waals surface area contributed by atoms with Crippen molar-refractivity contribution in [3.05, 3.63) is 0 Å². The first kappa shape index (κ1) is 8.56. The molecule has 1 heterocycles. The fourth-order valence-electron chi connectivity index (χ4n) is 0.659. The van der Waals surface area contributed by atoms with Crippen LogP contribution in [0.3, 0.4) is 0 Å². The summed E-state index contributed by atoms with van der Waals surface area (Å²) in [6.07, 6.45) is -0.409. The normalized spacial score (nSPS) is 27.3. The monoisotopic (exact) mass is 186 g/mol. The van der Waals surface area contributed by atoms with Gasteiger partial charge in [0, 0.05) is 0 Å². The van der Waals surface area contributed by atoms with Gasteiger partial charge in [-0.3, -0.25) is 0 Å². The molecule has 0 radical (unpaired) electrons. The van der Waals surface area contributed by atoms with Crippen LogP contribution in [0, 0.1) is 0 Å². The third kappa shape index (κ3) is 3.03. The maximum Gasteiger partial charge on any atom is 0.209 e. The lowest BCUT2D eigenvalue weighted by Gasteiger charge is -2.23. The highest BCUT2D eigenvalue weighted by Crippen LogP contribution is 2.10. The average molecular weight is 187 g/mol. The highest BCUT2D eigenvalue weighted by Gasteiger charge is 2.16. The molecule has 0 aromatic heterocycles. The molecule has 1 atom stereocenters. The molecular weight excluding hydrogens is 179 g/mol. The van der Waals surface area contributed by atoms with Crippen LogP contribution in [0.5, 0.6) is 0 Å². The van der Waals surface area contributed by atoms with E-state index in [0.29, 0.717) is 19.8 Å². The topological polar surface area (TPSA) is 27.7 Å². The van der Waals surface area contributed by atoms with E-state index >= 15 is 0 Å². The van der Waals surface area contributed by atoms with Gasteiger partial charge in [0.05, 0.1) is 19.8 Å². The Balaban J connectivity index is 2.13. The van der Waals surface area contributed by atoms with Crippen molar-refractivity contribution in [1.29, 1.82) is 0 Å². The molecule has 0 bridgehead atoms. The molecule has 1 aliphatic rings. The smallest absolute Gasteiger partial charge is 0.209 e. The van der Waals surface area contributed by atoms with E-state index in [1.807, 2.05) is 0 Å². The number of ether oxygens (including phenoxy) is 3. The molecule has 0 aliphatic carbocycles. The standard InChI is InChI=1S/C5H8Cl2O3/c6-5(7)10-4-3-8-1-2-9-4/h4-5H,1-3H2. The summed E-state index contributed by atoms with van der Waals surface area (Å²) < 4.78 is 15.0. The van der Waals surface area contributed by atoms with Crippen LogP contribution in [0.1, 0.15) is 0 Å². The Morgan fingerprint density at radius 2 is 2.20 bits per heavy atom. The predicted molar refractivity (Wildman–Crippen MR) is 37.1 cm³/mol. The van der Waals surface area contributed by atoms with Gasteiger partial charge in [-0.1, -0.05) is 23.2 Å². The van der Waals surface area contributed by atoms with Gasteiger partial charge >= 0.3 is 0 Å². The van der Waals surface area contributed by atoms with Crippen LogP contribution in [0.25, 0.3) is 0 Å². The molecule has 1 unspecified atom stereocenters. The minimum Gasteiger partial charge on any atom is -0.374 e. The van der Waals surface area contributed by atoms with E-state index in [-0.39, 0.29) is 0 Å². The van der Waals surface area contributed by atoms with Crippen LogP contribution in [0.2, 0.25) is 0 Å². The zero-order chi connectivity index (χ0) is 7.40. The Labute approximate surface area is 69.1 Å². The van der Waals surface area contributed by atoms with Gasteiger partial charge < -0.3 is 14.2 Å². The van der Waals surface area contributed by atoms with Gasteiger partial charge in [0.2, 0.25) is 5.02 Å². The number of halogens is 2. The molecule has 1 rings (SSSR count). The predicted octanol–water partition coefficient (Wildman–Crippen LogP) is 1.14. The van der Waals surface area contributed by atoms with Gasteiger partial charge in [-0.05, 0) is 0 Å². The molecular formula is C5H8Cl2O3. The van der Waals surface area contributed by atoms with Crippen LogP contribution in [-0.2, 0) is 14.2 Å². The van der Waals surface area contributed by atoms with Gasteiger partial charge in [-0.2, -0.15) is 0 Å². The van der Waals surface area contributed by atoms with Crippen molar-refractivity contribution in [2.45, 2.75) is 11.3 Å². The van der Waals surface area contributed by atoms with E-state index in [9.17, 15) is 0 Å². The summed E-state index contributed by atoms with van der Waals surface area (Å²) in [6, 6.07) is 0. The summed E-state index contributed by atoms with van der Waals surface area (Å²) in [4.78, 5) is 0. The van der Waals surface area contributed by atoms with Crippen molar-refractivity contribution in [3.8, 4) is 0 Å². The lowest BCUT2D eigenvalue weighted by atomic mass is 10.6. The first-order valence-corrected chi connectivity index (χ1v) is 3.79. The molecule has 0 saturated carbocycles. The number of alkyl halides is 2. The lowest BCUT2D eigenvalue weighted by molar-refractivity contribution is -0.208. The van der Waals surface area contributed by atoms with Crippen molar-refractivity contribution in [2.75, 3.05) is 19.8 Å². The Morgan fingerprint density at radius 3 is 2.70 bits per heavy atom. The van der Waals surface area contributed by atoms with Crippen molar-refractivity contribution >= 4 is 23.2 Å². The molecule has 0 spiro atoms. The third-order valence-electron chi connectivity index (χ3n) is 1.04. The first-order chi connectivity index (χ1) is 4.79. The molecule has 1 aliphatic heterocycles. The lowest BCUT2D eigenvalue weighted by Crippen LogP contribution is -2.31. The second-order valence-corrected chi connectivity index (χ2v) is 2.79. The summed E-state index contributed by atoms with van der Waals surface area (Å²) in [7, 11) is 0. The quantitative estimate of drug-likeness (QED) is 0.606. The van der Waals surface area contributed by atoms with E-state index in [2.05, 4.69) is 0 Å². The summed E-state index contributed by atoms with van der Waals surface area (Å²) >= 11 is 10.6. The zero-order valence-electron chi connectivity index (χ0n) is 5.26. The van der Waals surface area contributed by atoms with E-state index in [0.717, 1.165) is 0 Å². The number of hydrogen-bond donors (Lipinski definition) is 0. The summed E-state index contributed by atoms with van der Waals surface area (Å²) in [5.41, 5.74) is 0. The molecule has 1 fully saturated rings. The van der Waals surface area contributed by atoms with E-state index in [4.69, 9.17) is 37.4 Å². The average Bonchev–Trinajstić information content (AvgIpc) is 1.88. The molecule has 10 heavy (non-hydrogen) atoms. The largest absolute Gasteiger partial charge is 0.374 e. The maximum absolute atomic E-state index is 5.32. The maximum atomic E-state index is 5.32. The summed E-state index contributed by atoms with van der Waals surface area (Å²) in [5.74, 6) is 0. The van der Waals surface area contributed by atoms with Crippen LogP contribution < -0.4 is 0 Å². The summed E-state index contributed by atoms with van der Waals surface area (Å²) in [5, 5.41) is -0.841.